The Balaban J connectivity index is 1.84. The van der Waals surface area contributed by atoms with E-state index in [1.54, 1.807) is 23.6 Å². The molecule has 2 aromatic heterocycles. The summed E-state index contributed by atoms with van der Waals surface area (Å²) in [5, 5.41) is 3.91. The molecule has 0 spiro atoms. The standard InChI is InChI=1S/C17H15FN2O2S2/c1-12-9-15(4-5-16(12)18)24(21,22)20-10-13-3-2-7-19-17(13)14-6-8-23-11-14/h2-9,11,20H,10H2,1H3. The molecule has 24 heavy (non-hydrogen) atoms. The highest BCUT2D eigenvalue weighted by atomic mass is 32.2. The van der Waals surface area contributed by atoms with E-state index in [2.05, 4.69) is 9.71 Å². The quantitative estimate of drug-likeness (QED) is 0.752. The Labute approximate surface area is 144 Å². The highest BCUT2D eigenvalue weighted by molar-refractivity contribution is 7.89. The molecule has 0 aliphatic rings. The lowest BCUT2D eigenvalue weighted by molar-refractivity contribution is 0.579. The van der Waals surface area contributed by atoms with Crippen LogP contribution in [0, 0.1) is 12.7 Å². The van der Waals surface area contributed by atoms with Gasteiger partial charge in [0.05, 0.1) is 10.6 Å². The largest absolute Gasteiger partial charge is 0.256 e. The second-order valence-electron chi connectivity index (χ2n) is 5.26. The fraction of sp³-hybridized carbons (Fsp3) is 0.118. The average molecular weight is 362 g/mol. The molecular formula is C17H15FN2O2S2. The first-order valence-corrected chi connectivity index (χ1v) is 9.62. The lowest BCUT2D eigenvalue weighted by atomic mass is 10.1. The van der Waals surface area contributed by atoms with Gasteiger partial charge >= 0.3 is 0 Å². The lowest BCUT2D eigenvalue weighted by Crippen LogP contribution is -2.23. The smallest absolute Gasteiger partial charge is 0.240 e. The molecule has 3 rings (SSSR count). The minimum absolute atomic E-state index is 0.0439. The van der Waals surface area contributed by atoms with Gasteiger partial charge in [-0.05, 0) is 53.8 Å². The lowest BCUT2D eigenvalue weighted by Gasteiger charge is -2.10. The van der Waals surface area contributed by atoms with Crippen molar-refractivity contribution in [3.63, 3.8) is 0 Å². The molecule has 0 radical (unpaired) electrons. The van der Waals surface area contributed by atoms with E-state index in [4.69, 9.17) is 0 Å². The first kappa shape index (κ1) is 16.8. The Hall–Kier alpha value is -2.09. The predicted molar refractivity (Wildman–Crippen MR) is 92.7 cm³/mol. The summed E-state index contributed by atoms with van der Waals surface area (Å²) in [5.74, 6) is -0.430. The molecule has 0 amide bonds. The number of nitrogens with zero attached hydrogens (tertiary/aromatic N) is 1. The third-order valence-electron chi connectivity index (χ3n) is 3.58. The number of aryl methyl sites for hydroxylation is 1. The average Bonchev–Trinajstić information content (AvgIpc) is 3.10. The third kappa shape index (κ3) is 3.53. The summed E-state index contributed by atoms with van der Waals surface area (Å²) in [4.78, 5) is 4.39. The van der Waals surface area contributed by atoms with E-state index in [9.17, 15) is 12.8 Å². The Morgan fingerprint density at radius 1 is 1.25 bits per heavy atom. The topological polar surface area (TPSA) is 59.1 Å². The van der Waals surface area contributed by atoms with Crippen molar-refractivity contribution in [1.82, 2.24) is 9.71 Å². The molecule has 1 aromatic carbocycles. The molecule has 124 valence electrons. The molecule has 4 nitrogen and oxygen atoms in total. The van der Waals surface area contributed by atoms with Crippen LogP contribution in [0.3, 0.4) is 0 Å². The molecule has 0 aliphatic carbocycles. The van der Waals surface area contributed by atoms with Gasteiger partial charge < -0.3 is 0 Å². The highest BCUT2D eigenvalue weighted by Gasteiger charge is 2.16. The van der Waals surface area contributed by atoms with Gasteiger partial charge in [-0.3, -0.25) is 4.98 Å². The van der Waals surface area contributed by atoms with Crippen molar-refractivity contribution in [2.45, 2.75) is 18.4 Å². The maximum atomic E-state index is 13.3. The van der Waals surface area contributed by atoms with Crippen molar-refractivity contribution >= 4 is 21.4 Å². The van der Waals surface area contributed by atoms with Gasteiger partial charge in [-0.2, -0.15) is 11.3 Å². The predicted octanol–water partition coefficient (Wildman–Crippen LogP) is 3.74. The molecule has 7 heteroatoms. The molecule has 0 bridgehead atoms. The van der Waals surface area contributed by atoms with Crippen LogP contribution >= 0.6 is 11.3 Å². The first-order valence-electron chi connectivity index (χ1n) is 7.19. The van der Waals surface area contributed by atoms with Crippen LogP contribution in [0.15, 0.2) is 58.3 Å². The van der Waals surface area contributed by atoms with E-state index >= 15 is 0 Å². The second kappa shape index (κ2) is 6.80. The van der Waals surface area contributed by atoms with Crippen LogP contribution in [-0.2, 0) is 16.6 Å². The molecule has 2 heterocycles. The molecule has 0 saturated carbocycles. The van der Waals surface area contributed by atoms with Crippen LogP contribution in [0.1, 0.15) is 11.1 Å². The number of pyridine rings is 1. The van der Waals surface area contributed by atoms with Gasteiger partial charge in [0.2, 0.25) is 10.0 Å². The van der Waals surface area contributed by atoms with Crippen LogP contribution in [0.25, 0.3) is 11.3 Å². The van der Waals surface area contributed by atoms with Gasteiger partial charge in [-0.25, -0.2) is 17.5 Å². The summed E-state index contributed by atoms with van der Waals surface area (Å²) in [6.45, 7) is 1.64. The number of rotatable bonds is 5. The van der Waals surface area contributed by atoms with Crippen LogP contribution in [0.5, 0.6) is 0 Å². The monoisotopic (exact) mass is 362 g/mol. The number of hydrogen-bond acceptors (Lipinski definition) is 4. The van der Waals surface area contributed by atoms with Gasteiger partial charge in [-0.15, -0.1) is 0 Å². The molecule has 3 aromatic rings. The SMILES string of the molecule is Cc1cc(S(=O)(=O)NCc2cccnc2-c2ccsc2)ccc1F. The van der Waals surface area contributed by atoms with Crippen molar-refractivity contribution in [2.24, 2.45) is 0 Å². The Morgan fingerprint density at radius 2 is 2.08 bits per heavy atom. The Morgan fingerprint density at radius 3 is 2.79 bits per heavy atom. The van der Waals surface area contributed by atoms with Crippen molar-refractivity contribution in [2.75, 3.05) is 0 Å². The Bertz CT molecular complexity index is 954. The number of benzene rings is 1. The number of halogens is 1. The van der Waals surface area contributed by atoms with Crippen LogP contribution in [0.2, 0.25) is 0 Å². The van der Waals surface area contributed by atoms with Gasteiger partial charge in [0.25, 0.3) is 0 Å². The summed E-state index contributed by atoms with van der Waals surface area (Å²) in [6, 6.07) is 9.27. The zero-order valence-corrected chi connectivity index (χ0v) is 14.5. The highest BCUT2D eigenvalue weighted by Crippen LogP contribution is 2.24. The van der Waals surface area contributed by atoms with Crippen molar-refractivity contribution in [3.05, 3.63) is 70.3 Å². The summed E-state index contributed by atoms with van der Waals surface area (Å²) in [7, 11) is -3.73. The van der Waals surface area contributed by atoms with E-state index in [0.29, 0.717) is 5.56 Å². The van der Waals surface area contributed by atoms with Crippen molar-refractivity contribution in [3.8, 4) is 11.3 Å². The summed E-state index contributed by atoms with van der Waals surface area (Å²) in [5.41, 5.74) is 2.76. The van der Waals surface area contributed by atoms with Gasteiger partial charge in [-0.1, -0.05) is 6.07 Å². The van der Waals surface area contributed by atoms with Crippen LogP contribution in [0.4, 0.5) is 4.39 Å². The van der Waals surface area contributed by atoms with E-state index < -0.39 is 15.8 Å². The summed E-state index contributed by atoms with van der Waals surface area (Å²) >= 11 is 1.55. The zero-order valence-electron chi connectivity index (χ0n) is 12.9. The molecule has 0 aliphatic heterocycles. The first-order chi connectivity index (χ1) is 11.5. The normalized spacial score (nSPS) is 11.6. The van der Waals surface area contributed by atoms with E-state index in [-0.39, 0.29) is 11.4 Å². The molecule has 0 unspecified atom stereocenters. The number of sulfonamides is 1. The summed E-state index contributed by atoms with van der Waals surface area (Å²) < 4.78 is 40.7. The van der Waals surface area contributed by atoms with Crippen molar-refractivity contribution in [1.29, 1.82) is 0 Å². The van der Waals surface area contributed by atoms with E-state index in [1.165, 1.54) is 19.1 Å². The number of hydrogen-bond donors (Lipinski definition) is 1. The minimum atomic E-state index is -3.73. The van der Waals surface area contributed by atoms with Crippen molar-refractivity contribution < 1.29 is 12.8 Å². The molecular weight excluding hydrogens is 347 g/mol. The second-order valence-corrected chi connectivity index (χ2v) is 7.81. The number of aromatic nitrogens is 1. The molecule has 0 fully saturated rings. The minimum Gasteiger partial charge on any atom is -0.256 e. The maximum Gasteiger partial charge on any atom is 0.240 e. The Kier molecular flexibility index (Phi) is 4.75. The maximum absolute atomic E-state index is 13.3. The fourth-order valence-electron chi connectivity index (χ4n) is 2.28. The van der Waals surface area contributed by atoms with Crippen LogP contribution in [-0.4, -0.2) is 13.4 Å². The fourth-order valence-corrected chi connectivity index (χ4v) is 4.01. The van der Waals surface area contributed by atoms with Gasteiger partial charge in [0, 0.05) is 23.7 Å². The van der Waals surface area contributed by atoms with E-state index in [0.717, 1.165) is 22.9 Å². The van der Waals surface area contributed by atoms with Gasteiger partial charge in [0.15, 0.2) is 0 Å². The van der Waals surface area contributed by atoms with E-state index in [1.807, 2.05) is 22.9 Å². The third-order valence-corrected chi connectivity index (χ3v) is 5.66. The van der Waals surface area contributed by atoms with Gasteiger partial charge in [0.1, 0.15) is 5.82 Å². The zero-order chi connectivity index (χ0) is 17.2. The number of nitrogens with one attached hydrogen (secondary N) is 1. The summed E-state index contributed by atoms with van der Waals surface area (Å²) in [6.07, 6.45) is 1.67. The molecule has 1 N–H and O–H groups in total. The molecule has 0 saturated heterocycles. The number of thiophene rings is 1. The molecule has 0 atom stereocenters. The van der Waals surface area contributed by atoms with Crippen LogP contribution < -0.4 is 4.72 Å².